The smallest absolute Gasteiger partial charge is 0.237 e. The highest BCUT2D eigenvalue weighted by Gasteiger charge is 2.15. The summed E-state index contributed by atoms with van der Waals surface area (Å²) >= 11 is 5.78. The highest BCUT2D eigenvalue weighted by atomic mass is 35.5. The molecule has 0 aliphatic heterocycles. The Hall–Kier alpha value is -1.79. The van der Waals surface area contributed by atoms with Crippen molar-refractivity contribution >= 4 is 33.0 Å². The molecular weight excluding hydrogens is 303 g/mol. The monoisotopic (exact) mass is 314 g/mol. The Balaban J connectivity index is 2.22. The van der Waals surface area contributed by atoms with Gasteiger partial charge in [0.15, 0.2) is 0 Å². The van der Waals surface area contributed by atoms with E-state index >= 15 is 0 Å². The van der Waals surface area contributed by atoms with Gasteiger partial charge < -0.3 is 5.73 Å². The van der Waals surface area contributed by atoms with Gasteiger partial charge in [0.25, 0.3) is 0 Å². The Morgan fingerprint density at radius 1 is 1.20 bits per heavy atom. The van der Waals surface area contributed by atoms with Crippen LogP contribution in [-0.4, -0.2) is 8.42 Å². The Labute approximate surface area is 121 Å². The van der Waals surface area contributed by atoms with Gasteiger partial charge in [-0.15, -0.1) is 0 Å². The average molecular weight is 315 g/mol. The lowest BCUT2D eigenvalue weighted by Crippen LogP contribution is -2.16. The third-order valence-electron chi connectivity index (χ3n) is 2.60. The first-order valence-corrected chi connectivity index (χ1v) is 7.69. The number of benzene rings is 2. The molecule has 0 spiro atoms. The molecule has 4 nitrogen and oxygen atoms in total. The van der Waals surface area contributed by atoms with Crippen molar-refractivity contribution in [3.8, 4) is 0 Å². The number of hydrogen-bond donors (Lipinski definition) is 2. The number of nitrogen functional groups attached to an aromatic ring is 1. The Kier molecular flexibility index (Phi) is 4.15. The summed E-state index contributed by atoms with van der Waals surface area (Å²) in [5, 5.41) is -0.00499. The number of para-hydroxylation sites is 1. The van der Waals surface area contributed by atoms with Gasteiger partial charge in [-0.25, -0.2) is 12.8 Å². The fourth-order valence-electron chi connectivity index (χ4n) is 1.65. The maximum absolute atomic E-state index is 12.9. The Morgan fingerprint density at radius 2 is 1.90 bits per heavy atom. The van der Waals surface area contributed by atoms with Crippen molar-refractivity contribution in [2.24, 2.45) is 0 Å². The summed E-state index contributed by atoms with van der Waals surface area (Å²) in [5.74, 6) is -0.821. The predicted octanol–water partition coefficient (Wildman–Crippen LogP) is 3.00. The van der Waals surface area contributed by atoms with Crippen molar-refractivity contribution in [3.05, 3.63) is 58.9 Å². The summed E-state index contributed by atoms with van der Waals surface area (Å²) in [4.78, 5) is 0. The van der Waals surface area contributed by atoms with Gasteiger partial charge >= 0.3 is 0 Å². The molecule has 0 saturated carbocycles. The lowest BCUT2D eigenvalue weighted by atomic mass is 10.2. The number of sulfonamides is 1. The summed E-state index contributed by atoms with van der Waals surface area (Å²) in [6.07, 6.45) is 0. The molecule has 106 valence electrons. The molecule has 0 aliphatic rings. The van der Waals surface area contributed by atoms with E-state index in [1.54, 1.807) is 24.3 Å². The molecule has 0 bridgehead atoms. The molecule has 0 unspecified atom stereocenters. The van der Waals surface area contributed by atoms with Crippen molar-refractivity contribution in [1.29, 1.82) is 0 Å². The van der Waals surface area contributed by atoms with Gasteiger partial charge in [-0.3, -0.25) is 4.72 Å². The topological polar surface area (TPSA) is 72.2 Å². The van der Waals surface area contributed by atoms with Gasteiger partial charge in [-0.1, -0.05) is 29.8 Å². The second-order valence-corrected chi connectivity index (χ2v) is 6.31. The number of rotatable bonds is 4. The van der Waals surface area contributed by atoms with E-state index in [0.717, 1.165) is 12.1 Å². The molecule has 2 rings (SSSR count). The maximum atomic E-state index is 12.9. The van der Waals surface area contributed by atoms with Gasteiger partial charge in [0.2, 0.25) is 10.0 Å². The third-order valence-corrected chi connectivity index (χ3v) is 4.13. The molecule has 0 heterocycles. The van der Waals surface area contributed by atoms with Crippen LogP contribution in [0.2, 0.25) is 5.02 Å². The minimum atomic E-state index is -3.68. The third kappa shape index (κ3) is 3.61. The highest BCUT2D eigenvalue weighted by Crippen LogP contribution is 2.24. The molecule has 2 aromatic carbocycles. The Morgan fingerprint density at radius 3 is 2.55 bits per heavy atom. The van der Waals surface area contributed by atoms with Crippen LogP contribution >= 0.6 is 11.6 Å². The van der Waals surface area contributed by atoms with Crippen molar-refractivity contribution in [2.75, 3.05) is 10.5 Å². The molecule has 0 atom stereocenters. The van der Waals surface area contributed by atoms with Crippen LogP contribution in [0.3, 0.4) is 0 Å². The summed E-state index contributed by atoms with van der Waals surface area (Å²) < 4.78 is 39.3. The van der Waals surface area contributed by atoms with E-state index in [2.05, 4.69) is 4.72 Å². The van der Waals surface area contributed by atoms with Crippen LogP contribution in [0.1, 0.15) is 5.56 Å². The largest absolute Gasteiger partial charge is 0.398 e. The number of hydrogen-bond acceptors (Lipinski definition) is 3. The fraction of sp³-hybridized carbons (Fsp3) is 0.0769. The molecular formula is C13H12ClFN2O2S. The SMILES string of the molecule is Nc1ccccc1CS(=O)(=O)Nc1ccc(F)cc1Cl. The molecule has 7 heteroatoms. The van der Waals surface area contributed by atoms with Crippen molar-refractivity contribution in [2.45, 2.75) is 5.75 Å². The van der Waals surface area contributed by atoms with E-state index in [0.29, 0.717) is 11.3 Å². The first-order chi connectivity index (χ1) is 9.37. The minimum absolute atomic E-state index is 0.00499. The molecule has 0 amide bonds. The van der Waals surface area contributed by atoms with Crippen LogP contribution in [0.4, 0.5) is 15.8 Å². The predicted molar refractivity (Wildman–Crippen MR) is 78.5 cm³/mol. The van der Waals surface area contributed by atoms with Gasteiger partial charge in [0.1, 0.15) is 5.82 Å². The molecule has 0 aromatic heterocycles. The zero-order valence-electron chi connectivity index (χ0n) is 10.3. The molecule has 20 heavy (non-hydrogen) atoms. The Bertz CT molecular complexity index is 735. The van der Waals surface area contributed by atoms with Crippen LogP contribution in [0.5, 0.6) is 0 Å². The molecule has 0 saturated heterocycles. The zero-order valence-corrected chi connectivity index (χ0v) is 11.9. The summed E-state index contributed by atoms with van der Waals surface area (Å²) in [6, 6.07) is 10.1. The first-order valence-electron chi connectivity index (χ1n) is 5.66. The summed E-state index contributed by atoms with van der Waals surface area (Å²) in [5.41, 5.74) is 6.71. The number of nitrogens with two attached hydrogens (primary N) is 1. The molecule has 0 fully saturated rings. The highest BCUT2D eigenvalue weighted by molar-refractivity contribution is 7.91. The average Bonchev–Trinajstić information content (AvgIpc) is 2.35. The van der Waals surface area contributed by atoms with Gasteiger partial charge in [0, 0.05) is 5.69 Å². The molecule has 0 radical (unpaired) electrons. The van der Waals surface area contributed by atoms with Crippen LogP contribution in [0, 0.1) is 5.82 Å². The standard InChI is InChI=1S/C13H12ClFN2O2S/c14-11-7-10(15)5-6-13(11)17-20(18,19)8-9-3-1-2-4-12(9)16/h1-7,17H,8,16H2. The first kappa shape index (κ1) is 14.6. The van der Waals surface area contributed by atoms with Gasteiger partial charge in [-0.2, -0.15) is 0 Å². The molecule has 2 aromatic rings. The normalized spacial score (nSPS) is 11.3. The van der Waals surface area contributed by atoms with Crippen molar-refractivity contribution < 1.29 is 12.8 Å². The zero-order chi connectivity index (χ0) is 14.8. The van der Waals surface area contributed by atoms with Crippen LogP contribution in [0.15, 0.2) is 42.5 Å². The van der Waals surface area contributed by atoms with Crippen LogP contribution in [0.25, 0.3) is 0 Å². The fourth-order valence-corrected chi connectivity index (χ4v) is 3.17. The van der Waals surface area contributed by atoms with Crippen molar-refractivity contribution in [3.63, 3.8) is 0 Å². The van der Waals surface area contributed by atoms with Crippen LogP contribution < -0.4 is 10.5 Å². The second-order valence-electron chi connectivity index (χ2n) is 4.18. The summed E-state index contributed by atoms with van der Waals surface area (Å²) in [6.45, 7) is 0. The number of halogens is 2. The van der Waals surface area contributed by atoms with E-state index in [9.17, 15) is 12.8 Å². The maximum Gasteiger partial charge on any atom is 0.237 e. The van der Waals surface area contributed by atoms with E-state index in [-0.39, 0.29) is 16.5 Å². The summed E-state index contributed by atoms with van der Waals surface area (Å²) in [7, 11) is -3.68. The second kappa shape index (κ2) is 5.68. The van der Waals surface area contributed by atoms with Crippen molar-refractivity contribution in [1.82, 2.24) is 0 Å². The van der Waals surface area contributed by atoms with E-state index in [1.165, 1.54) is 6.07 Å². The lowest BCUT2D eigenvalue weighted by Gasteiger charge is -2.10. The minimum Gasteiger partial charge on any atom is -0.398 e. The van der Waals surface area contributed by atoms with E-state index in [1.807, 2.05) is 0 Å². The number of nitrogens with one attached hydrogen (secondary N) is 1. The quantitative estimate of drug-likeness (QED) is 0.852. The molecule has 3 N–H and O–H groups in total. The molecule has 0 aliphatic carbocycles. The van der Waals surface area contributed by atoms with Gasteiger partial charge in [-0.05, 0) is 29.8 Å². The van der Waals surface area contributed by atoms with E-state index in [4.69, 9.17) is 17.3 Å². The van der Waals surface area contributed by atoms with Gasteiger partial charge in [0.05, 0.1) is 16.5 Å². The lowest BCUT2D eigenvalue weighted by molar-refractivity contribution is 0.600. The van der Waals surface area contributed by atoms with E-state index < -0.39 is 15.8 Å². The van der Waals surface area contributed by atoms with Crippen LogP contribution in [-0.2, 0) is 15.8 Å². The number of anilines is 2.